The number of hydrogen-bond acceptors (Lipinski definition) is 1. The van der Waals surface area contributed by atoms with Crippen LogP contribution in [0.15, 0.2) is 0 Å². The molecule has 0 aromatic heterocycles. The van der Waals surface area contributed by atoms with Crippen LogP contribution >= 0.6 is 0 Å². The van der Waals surface area contributed by atoms with Gasteiger partial charge in [0.05, 0.1) is 0 Å². The van der Waals surface area contributed by atoms with Gasteiger partial charge >= 0.3 is 0 Å². The molecule has 0 fully saturated rings. The van der Waals surface area contributed by atoms with Gasteiger partial charge in [0.25, 0.3) is 0 Å². The van der Waals surface area contributed by atoms with Crippen molar-refractivity contribution < 1.29 is 4.79 Å². The molecule has 0 aromatic rings. The van der Waals surface area contributed by atoms with Crippen LogP contribution in [0.4, 0.5) is 0 Å². The van der Waals surface area contributed by atoms with Gasteiger partial charge in [-0.15, -0.1) is 0 Å². The molecular weight excluding hydrogens is 89.0 g/mol. The predicted molar refractivity (Wildman–Crippen MR) is 25.5 cm³/mol. The average Bonchev–Trinajstić information content (AvgIpc) is 1.38. The van der Waals surface area contributed by atoms with Crippen molar-refractivity contribution in [3.8, 4) is 0 Å². The van der Waals surface area contributed by atoms with E-state index in [0.29, 0.717) is 0 Å². The molecule has 0 atom stereocenters. The standard InChI is InChI=1S/C3H7NO.Na/c1-3(5)4-2;/h1-2H3,(H,4,5);. The second-order valence-electron chi connectivity index (χ2n) is 0.806. The van der Waals surface area contributed by atoms with Crippen LogP contribution in [0.1, 0.15) is 6.92 Å². The molecule has 0 aliphatic heterocycles. The molecule has 0 aliphatic carbocycles. The Kier molecular flexibility index (Phi) is 8.83. The Morgan fingerprint density at radius 3 is 1.83 bits per heavy atom. The Labute approximate surface area is 59.6 Å². The topological polar surface area (TPSA) is 29.1 Å². The Morgan fingerprint density at radius 1 is 1.67 bits per heavy atom. The minimum Gasteiger partial charge on any atom is -0.359 e. The summed E-state index contributed by atoms with van der Waals surface area (Å²) in [6.07, 6.45) is 0. The third-order valence-corrected chi connectivity index (χ3v) is 0.352. The molecule has 0 spiro atoms. The van der Waals surface area contributed by atoms with Crippen molar-refractivity contribution in [2.75, 3.05) is 7.05 Å². The first-order chi connectivity index (χ1) is 2.27. The van der Waals surface area contributed by atoms with E-state index in [4.69, 9.17) is 0 Å². The first-order valence-electron chi connectivity index (χ1n) is 1.45. The maximum Gasteiger partial charge on any atom is 0.216 e. The summed E-state index contributed by atoms with van der Waals surface area (Å²) in [4.78, 5) is 9.70. The van der Waals surface area contributed by atoms with Crippen LogP contribution in [0.25, 0.3) is 0 Å². The molecule has 0 heterocycles. The van der Waals surface area contributed by atoms with Gasteiger partial charge in [-0.25, -0.2) is 0 Å². The van der Waals surface area contributed by atoms with Gasteiger partial charge in [-0.05, 0) is 0 Å². The van der Waals surface area contributed by atoms with Crippen molar-refractivity contribution in [2.45, 2.75) is 6.92 Å². The van der Waals surface area contributed by atoms with Gasteiger partial charge in [0.1, 0.15) is 0 Å². The summed E-state index contributed by atoms with van der Waals surface area (Å²) in [5, 5.41) is 2.39. The Hall–Kier alpha value is 0.470. The van der Waals surface area contributed by atoms with Gasteiger partial charge in [0, 0.05) is 43.5 Å². The average molecular weight is 96.1 g/mol. The van der Waals surface area contributed by atoms with E-state index in [1.807, 2.05) is 0 Å². The van der Waals surface area contributed by atoms with E-state index < -0.39 is 0 Å². The molecule has 0 aliphatic rings. The van der Waals surface area contributed by atoms with Crippen LogP contribution in [0, 0.1) is 0 Å². The van der Waals surface area contributed by atoms with Crippen LogP contribution in [0.3, 0.4) is 0 Å². The molecule has 2 nitrogen and oxygen atoms in total. The molecule has 6 heavy (non-hydrogen) atoms. The molecule has 0 saturated heterocycles. The van der Waals surface area contributed by atoms with Gasteiger partial charge in [0.15, 0.2) is 0 Å². The molecule has 31 valence electrons. The van der Waals surface area contributed by atoms with Crippen LogP contribution in [-0.2, 0) is 4.79 Å². The van der Waals surface area contributed by atoms with Crippen molar-refractivity contribution in [2.24, 2.45) is 0 Å². The van der Waals surface area contributed by atoms with Gasteiger partial charge in [0.2, 0.25) is 5.91 Å². The summed E-state index contributed by atoms with van der Waals surface area (Å²) in [6.45, 7) is 1.47. The van der Waals surface area contributed by atoms with E-state index in [1.165, 1.54) is 6.92 Å². The second-order valence-corrected chi connectivity index (χ2v) is 0.806. The van der Waals surface area contributed by atoms with Gasteiger partial charge in [-0.3, -0.25) is 4.79 Å². The first kappa shape index (κ1) is 9.69. The fraction of sp³-hybridized carbons (Fsp3) is 0.667. The molecule has 0 rings (SSSR count). The van der Waals surface area contributed by atoms with E-state index in [2.05, 4.69) is 5.32 Å². The van der Waals surface area contributed by atoms with Crippen LogP contribution in [0.2, 0.25) is 0 Å². The summed E-state index contributed by atoms with van der Waals surface area (Å²) >= 11 is 0. The quantitative estimate of drug-likeness (QED) is 0.400. The zero-order valence-electron chi connectivity index (χ0n) is 4.41. The Bertz CT molecular complexity index is 46.1. The smallest absolute Gasteiger partial charge is 0.216 e. The zero-order valence-corrected chi connectivity index (χ0v) is 6.41. The normalized spacial score (nSPS) is 5.67. The number of carbonyl (C=O) groups excluding carboxylic acids is 1. The minimum atomic E-state index is 0. The van der Waals surface area contributed by atoms with Gasteiger partial charge < -0.3 is 5.32 Å². The predicted octanol–water partition coefficient (Wildman–Crippen LogP) is -0.629. The monoisotopic (exact) mass is 96.0 g/mol. The molecule has 3 heteroatoms. The molecule has 0 saturated carbocycles. The maximum absolute atomic E-state index is 9.70. The van der Waals surface area contributed by atoms with Gasteiger partial charge in [-0.2, -0.15) is 0 Å². The van der Waals surface area contributed by atoms with Crippen molar-refractivity contribution in [1.82, 2.24) is 5.32 Å². The first-order valence-corrected chi connectivity index (χ1v) is 1.45. The fourth-order valence-electron chi connectivity index (χ4n) is 0. The number of hydrogen-bond donors (Lipinski definition) is 1. The molecule has 0 unspecified atom stereocenters. The van der Waals surface area contributed by atoms with E-state index >= 15 is 0 Å². The van der Waals surface area contributed by atoms with Crippen LogP contribution < -0.4 is 5.32 Å². The number of rotatable bonds is 0. The summed E-state index contributed by atoms with van der Waals surface area (Å²) < 4.78 is 0. The summed E-state index contributed by atoms with van der Waals surface area (Å²) in [7, 11) is 1.60. The second kappa shape index (κ2) is 5.47. The number of carbonyl (C=O) groups is 1. The third-order valence-electron chi connectivity index (χ3n) is 0.352. The minimum absolute atomic E-state index is 0. The fourth-order valence-corrected chi connectivity index (χ4v) is 0. The molecular formula is C3H7NNaO. The Morgan fingerprint density at radius 2 is 1.83 bits per heavy atom. The van der Waals surface area contributed by atoms with E-state index in [-0.39, 0.29) is 35.5 Å². The van der Waals surface area contributed by atoms with Crippen molar-refractivity contribution >= 4 is 35.5 Å². The summed E-state index contributed by atoms with van der Waals surface area (Å²) in [5.74, 6) is 0.00463. The van der Waals surface area contributed by atoms with E-state index in [9.17, 15) is 4.79 Å². The SMILES string of the molecule is CNC(C)=O.[Na]. The van der Waals surface area contributed by atoms with E-state index in [1.54, 1.807) is 7.05 Å². The molecule has 0 bridgehead atoms. The van der Waals surface area contributed by atoms with Gasteiger partial charge in [-0.1, -0.05) is 0 Å². The van der Waals surface area contributed by atoms with Crippen LogP contribution in [0.5, 0.6) is 0 Å². The number of nitrogens with one attached hydrogen (secondary N) is 1. The largest absolute Gasteiger partial charge is 0.359 e. The molecule has 1 N–H and O–H groups in total. The Balaban J connectivity index is 0. The van der Waals surface area contributed by atoms with Crippen molar-refractivity contribution in [3.63, 3.8) is 0 Å². The molecule has 1 amide bonds. The van der Waals surface area contributed by atoms with E-state index in [0.717, 1.165) is 0 Å². The maximum atomic E-state index is 9.70. The summed E-state index contributed by atoms with van der Waals surface area (Å²) in [6, 6.07) is 0. The summed E-state index contributed by atoms with van der Waals surface area (Å²) in [5.41, 5.74) is 0. The number of amides is 1. The van der Waals surface area contributed by atoms with Crippen molar-refractivity contribution in [1.29, 1.82) is 0 Å². The molecule has 0 aromatic carbocycles. The van der Waals surface area contributed by atoms with Crippen LogP contribution in [-0.4, -0.2) is 42.5 Å². The zero-order chi connectivity index (χ0) is 4.28. The third kappa shape index (κ3) is 8.82. The van der Waals surface area contributed by atoms with Crippen molar-refractivity contribution in [3.05, 3.63) is 0 Å². The molecule has 1 radical (unpaired) electrons.